The minimum Gasteiger partial charge on any atom is -0.486 e. The van der Waals surface area contributed by atoms with Crippen LogP contribution in [0.2, 0.25) is 0 Å². The van der Waals surface area contributed by atoms with E-state index in [-0.39, 0.29) is 32.1 Å². The van der Waals surface area contributed by atoms with Gasteiger partial charge >= 0.3 is 5.97 Å². The number of ether oxygens (including phenoxy) is 3. The molecule has 2 N–H and O–H groups in total. The number of hydrogen-bond donors (Lipinski definition) is 2. The van der Waals surface area contributed by atoms with Crippen LogP contribution in [0.5, 0.6) is 11.5 Å². The smallest absolute Gasteiger partial charge is 0.328 e. The van der Waals surface area contributed by atoms with E-state index in [0.717, 1.165) is 0 Å². The molecular weight excluding hydrogens is 368 g/mol. The van der Waals surface area contributed by atoms with Crippen LogP contribution in [0, 0.1) is 5.92 Å². The first-order chi connectivity index (χ1) is 13.5. The van der Waals surface area contributed by atoms with E-state index in [1.54, 1.807) is 18.2 Å². The molecule has 2 atom stereocenters. The van der Waals surface area contributed by atoms with Crippen LogP contribution in [-0.4, -0.2) is 61.9 Å². The lowest BCUT2D eigenvalue weighted by Gasteiger charge is -2.22. The molecule has 3 rings (SSSR count). The highest BCUT2D eigenvalue weighted by atomic mass is 16.6. The van der Waals surface area contributed by atoms with Crippen LogP contribution in [0.3, 0.4) is 0 Å². The van der Waals surface area contributed by atoms with Crippen molar-refractivity contribution in [3.05, 3.63) is 30.9 Å². The number of fused-ring (bicyclic) bond motifs is 1. The molecule has 2 aliphatic rings. The Kier molecular flexibility index (Phi) is 6.15. The van der Waals surface area contributed by atoms with Gasteiger partial charge in [0, 0.05) is 24.7 Å². The summed E-state index contributed by atoms with van der Waals surface area (Å²) in [5.74, 6) is -1.41. The maximum absolute atomic E-state index is 12.5. The molecule has 2 amide bonds. The second-order valence-electron chi connectivity index (χ2n) is 6.46. The first-order valence-electron chi connectivity index (χ1n) is 8.91. The number of hydrogen-bond acceptors (Lipinski definition) is 6. The highest BCUT2D eigenvalue weighted by molar-refractivity contribution is 6.01. The Morgan fingerprint density at radius 2 is 2.11 bits per heavy atom. The van der Waals surface area contributed by atoms with E-state index in [4.69, 9.17) is 14.2 Å². The predicted octanol–water partition coefficient (Wildman–Crippen LogP) is 0.583. The summed E-state index contributed by atoms with van der Waals surface area (Å²) in [7, 11) is 0. The fraction of sp³-hybridized carbons (Fsp3) is 0.421. The molecule has 0 saturated carbocycles. The zero-order chi connectivity index (χ0) is 20.1. The molecule has 1 aromatic rings. The van der Waals surface area contributed by atoms with Gasteiger partial charge in [0.1, 0.15) is 13.2 Å². The summed E-state index contributed by atoms with van der Waals surface area (Å²) in [6.07, 6.45) is 1.49. The van der Waals surface area contributed by atoms with Gasteiger partial charge in [-0.05, 0) is 12.1 Å². The summed E-state index contributed by atoms with van der Waals surface area (Å²) < 4.78 is 16.1. The number of carbonyl (C=O) groups excluding carboxylic acids is 2. The van der Waals surface area contributed by atoms with Crippen LogP contribution in [0.1, 0.15) is 6.42 Å². The van der Waals surface area contributed by atoms with E-state index in [1.807, 2.05) is 0 Å². The molecule has 150 valence electrons. The van der Waals surface area contributed by atoms with Gasteiger partial charge in [0.25, 0.3) is 0 Å². The Morgan fingerprint density at radius 1 is 1.36 bits per heavy atom. The van der Waals surface area contributed by atoms with Crippen molar-refractivity contribution < 1.29 is 33.7 Å². The minimum atomic E-state index is -1.20. The van der Waals surface area contributed by atoms with Gasteiger partial charge in [0.05, 0.1) is 19.1 Å². The summed E-state index contributed by atoms with van der Waals surface area (Å²) in [5.41, 5.74) is 0.605. The van der Waals surface area contributed by atoms with Crippen LogP contribution < -0.4 is 19.7 Å². The summed E-state index contributed by atoms with van der Waals surface area (Å²) in [4.78, 5) is 37.7. The largest absolute Gasteiger partial charge is 0.486 e. The Morgan fingerprint density at radius 3 is 2.82 bits per heavy atom. The molecule has 1 fully saturated rings. The average Bonchev–Trinajstić information content (AvgIpc) is 3.08. The summed E-state index contributed by atoms with van der Waals surface area (Å²) in [6, 6.07) is 3.97. The van der Waals surface area contributed by atoms with Gasteiger partial charge in [-0.1, -0.05) is 6.08 Å². The van der Waals surface area contributed by atoms with E-state index in [1.165, 1.54) is 11.0 Å². The molecule has 0 aliphatic carbocycles. The van der Waals surface area contributed by atoms with Crippen molar-refractivity contribution in [3.63, 3.8) is 0 Å². The van der Waals surface area contributed by atoms with Crippen LogP contribution in [-0.2, 0) is 19.1 Å². The van der Waals surface area contributed by atoms with Crippen molar-refractivity contribution in [1.82, 2.24) is 5.32 Å². The predicted molar refractivity (Wildman–Crippen MR) is 98.5 cm³/mol. The number of anilines is 1. The number of nitrogens with one attached hydrogen (secondary N) is 1. The second kappa shape index (κ2) is 8.75. The van der Waals surface area contributed by atoms with Crippen LogP contribution >= 0.6 is 0 Å². The van der Waals surface area contributed by atoms with Gasteiger partial charge in [-0.15, -0.1) is 6.58 Å². The lowest BCUT2D eigenvalue weighted by atomic mass is 10.1. The van der Waals surface area contributed by atoms with Gasteiger partial charge in [-0.3, -0.25) is 9.59 Å². The third-order valence-electron chi connectivity index (χ3n) is 4.47. The van der Waals surface area contributed by atoms with Crippen molar-refractivity contribution in [1.29, 1.82) is 0 Å². The number of benzene rings is 1. The van der Waals surface area contributed by atoms with E-state index in [2.05, 4.69) is 11.9 Å². The Hall–Kier alpha value is -3.07. The highest BCUT2D eigenvalue weighted by Gasteiger charge is 2.37. The summed E-state index contributed by atoms with van der Waals surface area (Å²) in [5, 5.41) is 11.7. The molecule has 0 aromatic heterocycles. The number of amides is 2. The Labute approximate surface area is 161 Å². The first kappa shape index (κ1) is 19.7. The third kappa shape index (κ3) is 4.42. The number of carboxylic acids is 1. The first-order valence-corrected chi connectivity index (χ1v) is 8.91. The van der Waals surface area contributed by atoms with Crippen molar-refractivity contribution in [3.8, 4) is 11.5 Å². The van der Waals surface area contributed by atoms with E-state index >= 15 is 0 Å². The SMILES string of the molecule is C=CCOCC(NC(=O)C1CC(=O)N(c2ccc3c(c2)OCCO3)C1)C(=O)O. The number of carbonyl (C=O) groups is 3. The van der Waals surface area contributed by atoms with Crippen molar-refractivity contribution in [2.24, 2.45) is 5.92 Å². The summed E-state index contributed by atoms with van der Waals surface area (Å²) >= 11 is 0. The standard InChI is InChI=1S/C19H22N2O7/c1-2-5-26-11-14(19(24)25)20-18(23)12-8-17(22)21(10-12)13-3-4-15-16(9-13)28-7-6-27-15/h2-4,9,12,14H,1,5-8,10-11H2,(H,20,23)(H,24,25). The molecule has 28 heavy (non-hydrogen) atoms. The van der Waals surface area contributed by atoms with Crippen LogP contribution in [0.25, 0.3) is 0 Å². The second-order valence-corrected chi connectivity index (χ2v) is 6.46. The number of aliphatic carboxylic acids is 1. The maximum Gasteiger partial charge on any atom is 0.328 e. The lowest BCUT2D eigenvalue weighted by Crippen LogP contribution is -2.46. The molecule has 1 saturated heterocycles. The zero-order valence-corrected chi connectivity index (χ0v) is 15.3. The number of nitrogens with zero attached hydrogens (tertiary/aromatic N) is 1. The third-order valence-corrected chi connectivity index (χ3v) is 4.47. The quantitative estimate of drug-likeness (QED) is 0.493. The van der Waals surface area contributed by atoms with Gasteiger partial charge in [0.2, 0.25) is 11.8 Å². The minimum absolute atomic E-state index is 0.000128. The van der Waals surface area contributed by atoms with Crippen LogP contribution in [0.15, 0.2) is 30.9 Å². The molecule has 2 heterocycles. The highest BCUT2D eigenvalue weighted by Crippen LogP contribution is 2.35. The summed E-state index contributed by atoms with van der Waals surface area (Å²) in [6.45, 7) is 4.54. The van der Waals surface area contributed by atoms with Gasteiger partial charge in [0.15, 0.2) is 17.5 Å². The molecular formula is C19H22N2O7. The number of rotatable bonds is 8. The molecule has 2 aliphatic heterocycles. The fourth-order valence-electron chi connectivity index (χ4n) is 3.07. The van der Waals surface area contributed by atoms with E-state index in [9.17, 15) is 19.5 Å². The molecule has 0 bridgehead atoms. The zero-order valence-electron chi connectivity index (χ0n) is 15.3. The van der Waals surface area contributed by atoms with E-state index in [0.29, 0.717) is 30.4 Å². The van der Waals surface area contributed by atoms with E-state index < -0.39 is 23.8 Å². The van der Waals surface area contributed by atoms with Gasteiger partial charge in [-0.25, -0.2) is 4.79 Å². The van der Waals surface area contributed by atoms with Crippen molar-refractivity contribution in [2.45, 2.75) is 12.5 Å². The molecule has 9 nitrogen and oxygen atoms in total. The van der Waals surface area contributed by atoms with Crippen LogP contribution in [0.4, 0.5) is 5.69 Å². The fourth-order valence-corrected chi connectivity index (χ4v) is 3.07. The molecule has 2 unspecified atom stereocenters. The molecule has 0 spiro atoms. The van der Waals surface area contributed by atoms with Gasteiger partial charge in [-0.2, -0.15) is 0 Å². The van der Waals surface area contributed by atoms with Crippen molar-refractivity contribution in [2.75, 3.05) is 37.9 Å². The monoisotopic (exact) mass is 390 g/mol. The van der Waals surface area contributed by atoms with Crippen molar-refractivity contribution >= 4 is 23.5 Å². The molecule has 0 radical (unpaired) electrons. The average molecular weight is 390 g/mol. The Balaban J connectivity index is 1.64. The topological polar surface area (TPSA) is 114 Å². The molecule has 9 heteroatoms. The van der Waals surface area contributed by atoms with Gasteiger partial charge < -0.3 is 29.5 Å². The maximum atomic E-state index is 12.5. The molecule has 1 aromatic carbocycles. The normalized spacial score (nSPS) is 19.2. The lowest BCUT2D eigenvalue weighted by molar-refractivity contribution is -0.144. The Bertz CT molecular complexity index is 780. The number of carboxylic acid groups (broad SMARTS) is 1.